The zero-order valence-electron chi connectivity index (χ0n) is 11.9. The van der Waals surface area contributed by atoms with Crippen LogP contribution in [0.25, 0.3) is 0 Å². The van der Waals surface area contributed by atoms with E-state index in [2.05, 4.69) is 6.92 Å². The molecule has 0 aromatic carbocycles. The molecule has 0 aromatic heterocycles. The molecule has 0 spiro atoms. The second-order valence-corrected chi connectivity index (χ2v) is 4.76. The van der Waals surface area contributed by atoms with E-state index in [-0.39, 0.29) is 6.54 Å². The van der Waals surface area contributed by atoms with E-state index < -0.39 is 17.8 Å². The maximum Gasteiger partial charge on any atom is 0.307 e. The number of amides is 1. The van der Waals surface area contributed by atoms with E-state index in [1.807, 2.05) is 0 Å². The maximum atomic E-state index is 10.9. The van der Waals surface area contributed by atoms with Gasteiger partial charge in [-0.05, 0) is 12.8 Å². The predicted molar refractivity (Wildman–Crippen MR) is 72.8 cm³/mol. The van der Waals surface area contributed by atoms with E-state index in [0.717, 1.165) is 25.9 Å². The molecule has 6 nitrogen and oxygen atoms in total. The Kier molecular flexibility index (Phi) is 10.1. The smallest absolute Gasteiger partial charge is 0.307 e. The maximum absolute atomic E-state index is 10.9. The third kappa shape index (κ3) is 10.5. The summed E-state index contributed by atoms with van der Waals surface area (Å²) in [5, 5.41) is 8.87. The van der Waals surface area contributed by atoms with Gasteiger partial charge in [0.15, 0.2) is 0 Å². The minimum Gasteiger partial charge on any atom is -0.481 e. The summed E-state index contributed by atoms with van der Waals surface area (Å²) < 4.78 is 5.42. The molecule has 112 valence electrons. The van der Waals surface area contributed by atoms with E-state index in [4.69, 9.17) is 15.6 Å². The van der Waals surface area contributed by atoms with Gasteiger partial charge in [0.2, 0.25) is 5.91 Å². The molecule has 1 unspecified atom stereocenters. The van der Waals surface area contributed by atoms with Crippen LogP contribution in [-0.2, 0) is 14.3 Å². The zero-order valence-corrected chi connectivity index (χ0v) is 11.9. The zero-order chi connectivity index (χ0) is 14.7. The number of carbonyl (C=O) groups excluding carboxylic acids is 1. The van der Waals surface area contributed by atoms with Crippen LogP contribution in [0.3, 0.4) is 0 Å². The molecule has 0 rings (SSSR count). The van der Waals surface area contributed by atoms with E-state index in [1.165, 1.54) is 0 Å². The molecule has 1 atom stereocenters. The number of nitrogens with two attached hydrogens (primary N) is 1. The van der Waals surface area contributed by atoms with Gasteiger partial charge < -0.3 is 15.6 Å². The Morgan fingerprint density at radius 3 is 2.47 bits per heavy atom. The number of hydrogen-bond acceptors (Lipinski definition) is 4. The number of carbonyl (C=O) groups is 2. The highest BCUT2D eigenvalue weighted by Crippen LogP contribution is 2.02. The van der Waals surface area contributed by atoms with Gasteiger partial charge in [-0.1, -0.05) is 20.3 Å². The Morgan fingerprint density at radius 1 is 1.32 bits per heavy atom. The summed E-state index contributed by atoms with van der Waals surface area (Å²) in [6.45, 7) is 6.13. The second-order valence-electron chi connectivity index (χ2n) is 4.76. The van der Waals surface area contributed by atoms with Crippen LogP contribution in [0.2, 0.25) is 0 Å². The lowest BCUT2D eigenvalue weighted by atomic mass is 10.1. The van der Waals surface area contributed by atoms with Crippen molar-refractivity contribution in [1.82, 2.24) is 4.90 Å². The van der Waals surface area contributed by atoms with Gasteiger partial charge in [0.05, 0.1) is 12.5 Å². The molecule has 19 heavy (non-hydrogen) atoms. The molecule has 6 heteroatoms. The van der Waals surface area contributed by atoms with Crippen LogP contribution < -0.4 is 5.73 Å². The number of carboxylic acids is 1. The molecular weight excluding hydrogens is 248 g/mol. The molecule has 0 aliphatic heterocycles. The van der Waals surface area contributed by atoms with Crippen LogP contribution >= 0.6 is 0 Å². The Labute approximate surface area is 114 Å². The van der Waals surface area contributed by atoms with Crippen molar-refractivity contribution in [2.24, 2.45) is 11.7 Å². The number of primary amides is 1. The van der Waals surface area contributed by atoms with Crippen LogP contribution in [0.5, 0.6) is 0 Å². The fourth-order valence-electron chi connectivity index (χ4n) is 1.66. The average Bonchev–Trinajstić information content (AvgIpc) is 2.32. The highest BCUT2D eigenvalue weighted by Gasteiger charge is 2.17. The van der Waals surface area contributed by atoms with Gasteiger partial charge in [0.25, 0.3) is 0 Å². The molecule has 0 fully saturated rings. The summed E-state index contributed by atoms with van der Waals surface area (Å²) in [6, 6.07) is 0. The number of aliphatic carboxylic acids is 1. The summed E-state index contributed by atoms with van der Waals surface area (Å²) >= 11 is 0. The van der Waals surface area contributed by atoms with Gasteiger partial charge in [-0.25, -0.2) is 0 Å². The van der Waals surface area contributed by atoms with Gasteiger partial charge in [0, 0.05) is 26.3 Å². The van der Waals surface area contributed by atoms with Crippen molar-refractivity contribution < 1.29 is 19.4 Å². The molecule has 0 aromatic rings. The fraction of sp³-hybridized carbons (Fsp3) is 0.846. The number of carboxylic acid groups (broad SMARTS) is 1. The number of nitrogens with zero attached hydrogens (tertiary/aromatic N) is 1. The fourth-order valence-corrected chi connectivity index (χ4v) is 1.66. The largest absolute Gasteiger partial charge is 0.481 e. The van der Waals surface area contributed by atoms with Crippen LogP contribution in [0.4, 0.5) is 0 Å². The van der Waals surface area contributed by atoms with Gasteiger partial charge in [-0.15, -0.1) is 0 Å². The first-order valence-electron chi connectivity index (χ1n) is 6.78. The summed E-state index contributed by atoms with van der Waals surface area (Å²) in [6.07, 6.45) is 2.91. The van der Waals surface area contributed by atoms with Gasteiger partial charge in [-0.2, -0.15) is 0 Å². The monoisotopic (exact) mass is 274 g/mol. The summed E-state index contributed by atoms with van der Waals surface area (Å²) in [5.74, 6) is -1.82. The number of unbranched alkanes of at least 4 members (excludes halogenated alkanes) is 1. The van der Waals surface area contributed by atoms with Crippen molar-refractivity contribution in [3.63, 3.8) is 0 Å². The minimum absolute atomic E-state index is 0.0899. The molecule has 0 aliphatic rings. The Balaban J connectivity index is 3.93. The molecular formula is C13H26N2O4. The normalized spacial score (nSPS) is 12.6. The molecule has 0 heterocycles. The first-order chi connectivity index (χ1) is 8.97. The highest BCUT2D eigenvalue weighted by molar-refractivity contribution is 5.76. The SMILES string of the molecule is CCCCOCCCN(CC(N)=O)CC(C)C(=O)O. The predicted octanol–water partition coefficient (Wildman–Crippen LogP) is 0.701. The van der Waals surface area contributed by atoms with Crippen LogP contribution in [0.1, 0.15) is 33.1 Å². The Bertz CT molecular complexity index is 271. The topological polar surface area (TPSA) is 92.9 Å². The lowest BCUT2D eigenvalue weighted by molar-refractivity contribution is -0.142. The Morgan fingerprint density at radius 2 is 1.95 bits per heavy atom. The van der Waals surface area contributed by atoms with E-state index >= 15 is 0 Å². The molecule has 3 N–H and O–H groups in total. The summed E-state index contributed by atoms with van der Waals surface area (Å²) in [7, 11) is 0. The van der Waals surface area contributed by atoms with E-state index in [1.54, 1.807) is 11.8 Å². The average molecular weight is 274 g/mol. The van der Waals surface area contributed by atoms with Crippen molar-refractivity contribution in [3.05, 3.63) is 0 Å². The van der Waals surface area contributed by atoms with Crippen molar-refractivity contribution in [2.45, 2.75) is 33.1 Å². The molecule has 0 saturated carbocycles. The lowest BCUT2D eigenvalue weighted by Crippen LogP contribution is -2.39. The third-order valence-corrected chi connectivity index (χ3v) is 2.74. The van der Waals surface area contributed by atoms with E-state index in [9.17, 15) is 9.59 Å². The third-order valence-electron chi connectivity index (χ3n) is 2.74. The quantitative estimate of drug-likeness (QED) is 0.511. The highest BCUT2D eigenvalue weighted by atomic mass is 16.5. The number of ether oxygens (including phenoxy) is 1. The van der Waals surface area contributed by atoms with Gasteiger partial charge in [0.1, 0.15) is 0 Å². The second kappa shape index (κ2) is 10.8. The van der Waals surface area contributed by atoms with Crippen LogP contribution in [0, 0.1) is 5.92 Å². The first-order valence-corrected chi connectivity index (χ1v) is 6.78. The molecule has 1 amide bonds. The summed E-state index contributed by atoms with van der Waals surface area (Å²) in [5.41, 5.74) is 5.16. The van der Waals surface area contributed by atoms with Gasteiger partial charge in [-0.3, -0.25) is 14.5 Å². The van der Waals surface area contributed by atoms with Crippen molar-refractivity contribution in [1.29, 1.82) is 0 Å². The van der Waals surface area contributed by atoms with E-state index in [0.29, 0.717) is 19.7 Å². The van der Waals surface area contributed by atoms with Crippen molar-refractivity contribution >= 4 is 11.9 Å². The van der Waals surface area contributed by atoms with Crippen molar-refractivity contribution in [3.8, 4) is 0 Å². The number of hydrogen-bond donors (Lipinski definition) is 2. The molecule has 0 aliphatic carbocycles. The van der Waals surface area contributed by atoms with Gasteiger partial charge >= 0.3 is 5.97 Å². The Hall–Kier alpha value is -1.14. The standard InChI is InChI=1S/C13H26N2O4/c1-3-4-7-19-8-5-6-15(10-12(14)16)9-11(2)13(17)18/h11H,3-10H2,1-2H3,(H2,14,16)(H,17,18). The lowest BCUT2D eigenvalue weighted by Gasteiger charge is -2.22. The first kappa shape index (κ1) is 17.9. The van der Waals surface area contributed by atoms with Crippen molar-refractivity contribution in [2.75, 3.05) is 32.8 Å². The molecule has 0 bridgehead atoms. The molecule has 0 saturated heterocycles. The molecule has 0 radical (unpaired) electrons. The van der Waals surface area contributed by atoms with Crippen LogP contribution in [0.15, 0.2) is 0 Å². The van der Waals surface area contributed by atoms with Crippen LogP contribution in [-0.4, -0.2) is 54.7 Å². The summed E-state index contributed by atoms with van der Waals surface area (Å²) in [4.78, 5) is 23.5. The minimum atomic E-state index is -0.867. The number of rotatable bonds is 12.